The topological polar surface area (TPSA) is 147 Å². The molecule has 0 bridgehead atoms. The van der Waals surface area contributed by atoms with Gasteiger partial charge in [0.1, 0.15) is 17.7 Å². The van der Waals surface area contributed by atoms with E-state index in [9.17, 15) is 24.0 Å². The summed E-state index contributed by atoms with van der Waals surface area (Å²) in [5.74, 6) is -2.35. The van der Waals surface area contributed by atoms with Gasteiger partial charge in [-0.2, -0.15) is 0 Å². The number of ether oxygens (including phenoxy) is 1. The molecule has 3 N–H and O–H groups in total. The zero-order chi connectivity index (χ0) is 32.3. The molecular formula is C32H49N5O6. The molecule has 3 rings (SSSR count). The lowest BCUT2D eigenvalue weighted by Gasteiger charge is -2.38. The molecule has 11 heteroatoms. The first-order chi connectivity index (χ1) is 19.9. The lowest BCUT2D eigenvalue weighted by Crippen LogP contribution is -2.60. The maximum Gasteiger partial charge on any atom is 0.408 e. The second kappa shape index (κ2) is 13.0. The molecule has 0 aromatic carbocycles. The smallest absolute Gasteiger partial charge is 0.408 e. The Balaban J connectivity index is 1.75. The summed E-state index contributed by atoms with van der Waals surface area (Å²) in [5, 5.41) is 8.18. The Labute approximate surface area is 255 Å². The number of piperidine rings is 1. The zero-order valence-electron chi connectivity index (χ0n) is 27.1. The number of hydrogen-bond acceptors (Lipinski definition) is 7. The summed E-state index contributed by atoms with van der Waals surface area (Å²) in [5.41, 5.74) is -0.799. The number of amides is 4. The van der Waals surface area contributed by atoms with Crippen LogP contribution in [-0.4, -0.2) is 76.3 Å². The third-order valence-electron chi connectivity index (χ3n) is 8.36. The van der Waals surface area contributed by atoms with E-state index in [2.05, 4.69) is 34.8 Å². The monoisotopic (exact) mass is 599 g/mol. The van der Waals surface area contributed by atoms with Crippen molar-refractivity contribution >= 4 is 29.6 Å². The van der Waals surface area contributed by atoms with Crippen molar-refractivity contribution in [2.45, 2.75) is 105 Å². The number of hydrogen-bond donors (Lipinski definition) is 3. The molecule has 4 amide bonds. The molecule has 1 saturated carbocycles. The Morgan fingerprint density at radius 3 is 2.30 bits per heavy atom. The summed E-state index contributed by atoms with van der Waals surface area (Å²) in [6.07, 6.45) is 2.26. The van der Waals surface area contributed by atoms with E-state index in [0.717, 1.165) is 5.69 Å². The molecule has 1 unspecified atom stereocenters. The average molecular weight is 600 g/mol. The van der Waals surface area contributed by atoms with E-state index in [-0.39, 0.29) is 36.1 Å². The first-order valence-electron chi connectivity index (χ1n) is 15.2. The summed E-state index contributed by atoms with van der Waals surface area (Å²) in [6.45, 7) is 17.3. The van der Waals surface area contributed by atoms with Crippen LogP contribution in [0, 0.1) is 22.7 Å². The molecule has 2 fully saturated rings. The van der Waals surface area contributed by atoms with Crippen LogP contribution in [0.2, 0.25) is 0 Å². The third-order valence-corrected chi connectivity index (χ3v) is 8.36. The van der Waals surface area contributed by atoms with Crippen molar-refractivity contribution in [2.24, 2.45) is 22.7 Å². The largest absolute Gasteiger partial charge is 0.444 e. The van der Waals surface area contributed by atoms with Gasteiger partial charge in [-0.1, -0.05) is 54.0 Å². The van der Waals surface area contributed by atoms with Gasteiger partial charge in [0.25, 0.3) is 5.91 Å². The lowest BCUT2D eigenvalue weighted by molar-refractivity contribution is -0.145. The van der Waals surface area contributed by atoms with Gasteiger partial charge in [-0.25, -0.2) is 4.79 Å². The van der Waals surface area contributed by atoms with E-state index >= 15 is 0 Å². The first-order valence-corrected chi connectivity index (χ1v) is 15.2. The van der Waals surface area contributed by atoms with E-state index < -0.39 is 52.8 Å². The van der Waals surface area contributed by atoms with Gasteiger partial charge in [0.15, 0.2) is 0 Å². The maximum atomic E-state index is 14.0. The molecule has 2 aliphatic rings. The number of nitrogens with zero attached hydrogens (tertiary/aromatic N) is 2. The maximum absolute atomic E-state index is 14.0. The molecule has 0 spiro atoms. The lowest BCUT2D eigenvalue weighted by atomic mass is 9.85. The van der Waals surface area contributed by atoms with Crippen LogP contribution in [0.25, 0.3) is 0 Å². The highest BCUT2D eigenvalue weighted by Crippen LogP contribution is 2.65. The Morgan fingerprint density at radius 2 is 1.74 bits per heavy atom. The van der Waals surface area contributed by atoms with Crippen molar-refractivity contribution in [2.75, 3.05) is 13.1 Å². The van der Waals surface area contributed by atoms with Crippen molar-refractivity contribution in [3.05, 3.63) is 30.1 Å². The Kier molecular flexibility index (Phi) is 10.3. The van der Waals surface area contributed by atoms with Crippen molar-refractivity contribution < 1.29 is 28.7 Å². The van der Waals surface area contributed by atoms with Crippen LogP contribution in [-0.2, 0) is 30.3 Å². The normalized spacial score (nSPS) is 22.1. The molecule has 43 heavy (non-hydrogen) atoms. The number of likely N-dealkylation sites (tertiary alicyclic amines) is 1. The molecule has 1 aromatic rings. The minimum atomic E-state index is -1.02. The highest BCUT2D eigenvalue weighted by molar-refractivity contribution is 6.38. The van der Waals surface area contributed by atoms with Crippen molar-refractivity contribution in [3.63, 3.8) is 0 Å². The van der Waals surface area contributed by atoms with Crippen LogP contribution in [0.5, 0.6) is 0 Å². The molecule has 0 radical (unpaired) electrons. The fourth-order valence-corrected chi connectivity index (χ4v) is 5.96. The standard InChI is InChI=1S/C32H49N5O6/c1-10-13-21(24(38)27(40)34-17-15-19-14-11-12-16-33-19)35-26(39)23-22-20(32(22,8)9)18-37(23)28(41)25(30(2,3)4)36-29(42)43-31(5,6)7/h11-12,14,16,20-23,25H,10,13,15,17-18H2,1-9H3,(H,34,40)(H,35,39)(H,36,42)/t20-,21?,22-,23-,25+/m0/s1. The molecule has 1 aromatic heterocycles. The summed E-state index contributed by atoms with van der Waals surface area (Å²) in [4.78, 5) is 72.2. The van der Waals surface area contributed by atoms with E-state index in [1.54, 1.807) is 33.0 Å². The molecule has 1 aliphatic heterocycles. The van der Waals surface area contributed by atoms with Gasteiger partial charge >= 0.3 is 6.09 Å². The van der Waals surface area contributed by atoms with E-state index in [1.165, 1.54) is 4.90 Å². The highest BCUT2D eigenvalue weighted by Gasteiger charge is 2.70. The summed E-state index contributed by atoms with van der Waals surface area (Å²) in [7, 11) is 0. The number of carbonyl (C=O) groups excluding carboxylic acids is 5. The highest BCUT2D eigenvalue weighted by atomic mass is 16.6. The number of pyridine rings is 1. The van der Waals surface area contributed by atoms with E-state index in [1.807, 2.05) is 39.8 Å². The van der Waals surface area contributed by atoms with E-state index in [0.29, 0.717) is 19.4 Å². The van der Waals surface area contributed by atoms with Crippen LogP contribution >= 0.6 is 0 Å². The second-order valence-corrected chi connectivity index (χ2v) is 14.4. The average Bonchev–Trinajstić information content (AvgIpc) is 3.21. The zero-order valence-corrected chi connectivity index (χ0v) is 27.1. The van der Waals surface area contributed by atoms with Gasteiger partial charge in [-0.3, -0.25) is 24.2 Å². The number of fused-ring (bicyclic) bond motifs is 1. The van der Waals surface area contributed by atoms with Gasteiger partial charge < -0.3 is 25.6 Å². The quantitative estimate of drug-likeness (QED) is 0.331. The Morgan fingerprint density at radius 1 is 1.07 bits per heavy atom. The third kappa shape index (κ3) is 8.32. The van der Waals surface area contributed by atoms with Crippen LogP contribution in [0.3, 0.4) is 0 Å². The fourth-order valence-electron chi connectivity index (χ4n) is 5.96. The Hall–Kier alpha value is -3.50. The molecule has 5 atom stereocenters. The predicted octanol–water partition coefficient (Wildman–Crippen LogP) is 3.02. The minimum absolute atomic E-state index is 0.101. The van der Waals surface area contributed by atoms with Crippen molar-refractivity contribution in [1.29, 1.82) is 0 Å². The first kappa shape index (κ1) is 34.0. The molecular weight excluding hydrogens is 550 g/mol. The van der Waals surface area contributed by atoms with E-state index in [4.69, 9.17) is 4.74 Å². The predicted molar refractivity (Wildman–Crippen MR) is 162 cm³/mol. The Bertz CT molecular complexity index is 1200. The number of Topliss-reactive ketones (excluding diaryl/α,β-unsaturated/α-hetero) is 1. The molecule has 1 saturated heterocycles. The molecule has 11 nitrogen and oxygen atoms in total. The number of carbonyl (C=O) groups is 5. The van der Waals surface area contributed by atoms with Crippen molar-refractivity contribution in [3.8, 4) is 0 Å². The van der Waals surface area contributed by atoms with Gasteiger partial charge in [0.2, 0.25) is 17.6 Å². The molecule has 238 valence electrons. The number of nitrogens with one attached hydrogen (secondary N) is 3. The SMILES string of the molecule is CCCC(NC(=O)[C@@H]1[C@@H]2[C@H](CN1C(=O)[C@@H](NC(=O)OC(C)(C)C)C(C)(C)C)C2(C)C)C(=O)C(=O)NCCc1ccccn1. The number of ketones is 1. The summed E-state index contributed by atoms with van der Waals surface area (Å²) >= 11 is 0. The van der Waals surface area contributed by atoms with Crippen LogP contribution in [0.15, 0.2) is 24.4 Å². The molecule has 1 aliphatic carbocycles. The second-order valence-electron chi connectivity index (χ2n) is 14.4. The number of aromatic nitrogens is 1. The minimum Gasteiger partial charge on any atom is -0.444 e. The fraction of sp³-hybridized carbons (Fsp3) is 0.688. The van der Waals surface area contributed by atoms with Gasteiger partial charge in [-0.05, 0) is 62.0 Å². The van der Waals surface area contributed by atoms with Crippen molar-refractivity contribution in [1.82, 2.24) is 25.8 Å². The van der Waals surface area contributed by atoms with Crippen LogP contribution in [0.1, 0.15) is 80.8 Å². The summed E-state index contributed by atoms with van der Waals surface area (Å²) in [6, 6.07) is 2.68. The molecule has 2 heterocycles. The number of alkyl carbamates (subject to hydrolysis) is 1. The number of rotatable bonds is 11. The van der Waals surface area contributed by atoms with Crippen LogP contribution in [0.4, 0.5) is 4.79 Å². The van der Waals surface area contributed by atoms with Gasteiger partial charge in [-0.15, -0.1) is 0 Å². The van der Waals surface area contributed by atoms with Crippen LogP contribution < -0.4 is 16.0 Å². The van der Waals surface area contributed by atoms with Gasteiger partial charge in [0, 0.05) is 31.4 Å². The summed E-state index contributed by atoms with van der Waals surface area (Å²) < 4.78 is 5.42. The van der Waals surface area contributed by atoms with Gasteiger partial charge in [0.05, 0.1) is 6.04 Å².